The average molecular weight is 329 g/mol. The van der Waals surface area contributed by atoms with Gasteiger partial charge in [-0.3, -0.25) is 0 Å². The van der Waals surface area contributed by atoms with Gasteiger partial charge in [-0.2, -0.15) is 5.26 Å². The number of ether oxygens (including phenoxy) is 1. The quantitative estimate of drug-likeness (QED) is 0.935. The number of aromatic nitrogens is 1. The summed E-state index contributed by atoms with van der Waals surface area (Å²) in [6.45, 7) is 1.66. The molecule has 1 aromatic carbocycles. The summed E-state index contributed by atoms with van der Waals surface area (Å²) in [6.07, 6.45) is 1.66. The molecule has 3 rings (SSSR count). The monoisotopic (exact) mass is 329 g/mol. The lowest BCUT2D eigenvalue weighted by Crippen LogP contribution is -2.27. The number of piperidine rings is 1. The summed E-state index contributed by atoms with van der Waals surface area (Å²) < 4.78 is 33.4. The van der Waals surface area contributed by atoms with Gasteiger partial charge in [-0.15, -0.1) is 0 Å². The van der Waals surface area contributed by atoms with Crippen molar-refractivity contribution < 1.29 is 13.5 Å². The van der Waals surface area contributed by atoms with Gasteiger partial charge in [-0.05, 0) is 44.1 Å². The van der Waals surface area contributed by atoms with Crippen molar-refractivity contribution in [3.63, 3.8) is 0 Å². The molecule has 4 nitrogen and oxygen atoms in total. The molecule has 0 unspecified atom stereocenters. The molecule has 1 aliphatic heterocycles. The maximum Gasteiger partial charge on any atom is 0.213 e. The summed E-state index contributed by atoms with van der Waals surface area (Å²) in [5.41, 5.74) is 0.988. The van der Waals surface area contributed by atoms with Gasteiger partial charge in [-0.25, -0.2) is 13.8 Å². The van der Waals surface area contributed by atoms with Gasteiger partial charge in [0.05, 0.1) is 17.3 Å². The number of nitriles is 1. The standard InChI is InChI=1S/C18H17F2N3O/c19-15-3-4-17(23-18(15)13-5-7-22-8-6-13)24-11-14-2-1-12(10-21)9-16(14)20/h1-4,9,13,22H,5-8,11H2. The predicted octanol–water partition coefficient (Wildman–Crippen LogP) is 3.28. The average Bonchev–Trinajstić information content (AvgIpc) is 2.62. The van der Waals surface area contributed by atoms with Gasteiger partial charge < -0.3 is 10.1 Å². The first-order valence-electron chi connectivity index (χ1n) is 7.86. The topological polar surface area (TPSA) is 57.9 Å². The van der Waals surface area contributed by atoms with Gasteiger partial charge in [0.15, 0.2) is 0 Å². The van der Waals surface area contributed by atoms with Gasteiger partial charge in [0, 0.05) is 17.5 Å². The van der Waals surface area contributed by atoms with Crippen molar-refractivity contribution in [2.24, 2.45) is 0 Å². The number of pyridine rings is 1. The normalized spacial score (nSPS) is 15.0. The van der Waals surface area contributed by atoms with Crippen molar-refractivity contribution in [2.75, 3.05) is 13.1 Å². The van der Waals surface area contributed by atoms with Crippen LogP contribution < -0.4 is 10.1 Å². The zero-order valence-corrected chi connectivity index (χ0v) is 13.1. The molecule has 6 heteroatoms. The Hall–Kier alpha value is -2.52. The van der Waals surface area contributed by atoms with E-state index in [9.17, 15) is 8.78 Å². The molecule has 124 valence electrons. The van der Waals surface area contributed by atoms with Crippen LogP contribution >= 0.6 is 0 Å². The van der Waals surface area contributed by atoms with E-state index < -0.39 is 5.82 Å². The van der Waals surface area contributed by atoms with E-state index in [-0.39, 0.29) is 29.8 Å². The first kappa shape index (κ1) is 16.3. The van der Waals surface area contributed by atoms with E-state index in [0.29, 0.717) is 11.3 Å². The molecule has 0 spiro atoms. The summed E-state index contributed by atoms with van der Waals surface area (Å²) >= 11 is 0. The van der Waals surface area contributed by atoms with E-state index in [4.69, 9.17) is 10.00 Å². The lowest BCUT2D eigenvalue weighted by molar-refractivity contribution is 0.284. The maximum absolute atomic E-state index is 14.0. The first-order chi connectivity index (χ1) is 11.7. The van der Waals surface area contributed by atoms with Crippen molar-refractivity contribution in [3.8, 4) is 11.9 Å². The Morgan fingerprint density at radius 1 is 1.17 bits per heavy atom. The highest BCUT2D eigenvalue weighted by molar-refractivity contribution is 5.33. The predicted molar refractivity (Wildman–Crippen MR) is 84.5 cm³/mol. The van der Waals surface area contributed by atoms with E-state index >= 15 is 0 Å². The highest BCUT2D eigenvalue weighted by Gasteiger charge is 2.21. The van der Waals surface area contributed by atoms with Crippen molar-refractivity contribution in [1.82, 2.24) is 10.3 Å². The SMILES string of the molecule is N#Cc1ccc(COc2ccc(F)c(C3CCNCC3)n2)c(F)c1. The fourth-order valence-electron chi connectivity index (χ4n) is 2.79. The molecule has 1 fully saturated rings. The number of hydrogen-bond donors (Lipinski definition) is 1. The van der Waals surface area contributed by atoms with Crippen LogP contribution in [0.15, 0.2) is 30.3 Å². The molecule has 2 heterocycles. The summed E-state index contributed by atoms with van der Waals surface area (Å²) in [5.74, 6) is -0.497. The number of nitrogens with zero attached hydrogens (tertiary/aromatic N) is 2. The number of nitrogens with one attached hydrogen (secondary N) is 1. The minimum atomic E-state index is -0.505. The zero-order chi connectivity index (χ0) is 16.9. The van der Waals surface area contributed by atoms with Crippen molar-refractivity contribution in [1.29, 1.82) is 5.26 Å². The molecule has 1 N–H and O–H groups in total. The summed E-state index contributed by atoms with van der Waals surface area (Å²) in [7, 11) is 0. The van der Waals surface area contributed by atoms with Crippen LogP contribution in [0.3, 0.4) is 0 Å². The zero-order valence-electron chi connectivity index (χ0n) is 13.1. The Morgan fingerprint density at radius 3 is 2.67 bits per heavy atom. The van der Waals surface area contributed by atoms with Gasteiger partial charge >= 0.3 is 0 Å². The van der Waals surface area contributed by atoms with Crippen LogP contribution in [-0.2, 0) is 6.61 Å². The minimum Gasteiger partial charge on any atom is -0.473 e. The second kappa shape index (κ2) is 7.37. The lowest BCUT2D eigenvalue weighted by Gasteiger charge is -2.22. The molecule has 24 heavy (non-hydrogen) atoms. The fourth-order valence-corrected chi connectivity index (χ4v) is 2.79. The lowest BCUT2D eigenvalue weighted by atomic mass is 9.94. The van der Waals surface area contributed by atoms with Crippen LogP contribution in [0.4, 0.5) is 8.78 Å². The van der Waals surface area contributed by atoms with E-state index in [0.717, 1.165) is 32.0 Å². The Bertz CT molecular complexity index is 767. The Morgan fingerprint density at radius 2 is 1.96 bits per heavy atom. The van der Waals surface area contributed by atoms with Gasteiger partial charge in [-0.1, -0.05) is 6.07 Å². The van der Waals surface area contributed by atoms with Crippen LogP contribution in [0.1, 0.15) is 35.6 Å². The van der Waals surface area contributed by atoms with E-state index in [1.165, 1.54) is 24.3 Å². The molecule has 1 saturated heterocycles. The van der Waals surface area contributed by atoms with Crippen LogP contribution in [0.25, 0.3) is 0 Å². The highest BCUT2D eigenvalue weighted by Crippen LogP contribution is 2.27. The molecule has 1 aliphatic rings. The van der Waals surface area contributed by atoms with Gasteiger partial charge in [0.2, 0.25) is 5.88 Å². The second-order valence-corrected chi connectivity index (χ2v) is 5.75. The molecular formula is C18H17F2N3O. The summed E-state index contributed by atoms with van der Waals surface area (Å²) in [6, 6.07) is 8.86. The summed E-state index contributed by atoms with van der Waals surface area (Å²) in [4.78, 5) is 4.27. The van der Waals surface area contributed by atoms with Crippen molar-refractivity contribution in [3.05, 3.63) is 58.8 Å². The van der Waals surface area contributed by atoms with Gasteiger partial charge in [0.1, 0.15) is 18.2 Å². The third-order valence-corrected chi connectivity index (χ3v) is 4.13. The molecule has 0 bridgehead atoms. The number of rotatable bonds is 4. The van der Waals surface area contributed by atoms with Crippen LogP contribution in [0.5, 0.6) is 5.88 Å². The van der Waals surface area contributed by atoms with Crippen LogP contribution in [0, 0.1) is 23.0 Å². The minimum absolute atomic E-state index is 0.0260. The van der Waals surface area contributed by atoms with E-state index in [2.05, 4.69) is 10.3 Å². The first-order valence-corrected chi connectivity index (χ1v) is 7.86. The summed E-state index contributed by atoms with van der Waals surface area (Å²) in [5, 5.41) is 12.0. The second-order valence-electron chi connectivity index (χ2n) is 5.75. The molecular weight excluding hydrogens is 312 g/mol. The van der Waals surface area contributed by atoms with Crippen LogP contribution in [0.2, 0.25) is 0 Å². The largest absolute Gasteiger partial charge is 0.473 e. The number of hydrogen-bond acceptors (Lipinski definition) is 4. The highest BCUT2D eigenvalue weighted by atomic mass is 19.1. The number of benzene rings is 1. The van der Waals surface area contributed by atoms with Crippen molar-refractivity contribution in [2.45, 2.75) is 25.4 Å². The molecule has 2 aromatic rings. The Labute approximate surface area is 139 Å². The third-order valence-electron chi connectivity index (χ3n) is 4.13. The Kier molecular flexibility index (Phi) is 5.02. The number of halogens is 2. The maximum atomic E-state index is 14.0. The van der Waals surface area contributed by atoms with E-state index in [1.54, 1.807) is 0 Å². The molecule has 1 aromatic heterocycles. The van der Waals surface area contributed by atoms with Crippen molar-refractivity contribution >= 4 is 0 Å². The van der Waals surface area contributed by atoms with Gasteiger partial charge in [0.25, 0.3) is 0 Å². The smallest absolute Gasteiger partial charge is 0.213 e. The van der Waals surface area contributed by atoms with E-state index in [1.807, 2.05) is 6.07 Å². The molecule has 0 aliphatic carbocycles. The third kappa shape index (κ3) is 3.69. The Balaban J connectivity index is 1.72. The molecule has 0 amide bonds. The molecule has 0 atom stereocenters. The molecule has 0 saturated carbocycles. The molecule has 0 radical (unpaired) electrons. The fraction of sp³-hybridized carbons (Fsp3) is 0.333. The van der Waals surface area contributed by atoms with Crippen LogP contribution in [-0.4, -0.2) is 18.1 Å².